The topological polar surface area (TPSA) is 155 Å². The van der Waals surface area contributed by atoms with Crippen LogP contribution in [0.3, 0.4) is 0 Å². The van der Waals surface area contributed by atoms with Crippen molar-refractivity contribution >= 4 is 17.5 Å². The third kappa shape index (κ3) is 4.95. The number of benzene rings is 1. The lowest BCUT2D eigenvalue weighted by Gasteiger charge is -2.09. The molecular weight excluding hydrogens is 445 g/mol. The van der Waals surface area contributed by atoms with Crippen LogP contribution in [0.25, 0.3) is 0 Å². The fourth-order valence-corrected chi connectivity index (χ4v) is 3.25. The van der Waals surface area contributed by atoms with Gasteiger partial charge in [0.2, 0.25) is 0 Å². The zero-order chi connectivity index (χ0) is 24.2. The largest absolute Gasteiger partial charge is 0.494 e. The first-order valence-electron chi connectivity index (χ1n) is 10.2. The number of aromatic nitrogens is 4. The molecule has 3 heterocycles. The molecule has 1 atom stereocenters. The van der Waals surface area contributed by atoms with E-state index in [1.165, 1.54) is 31.4 Å². The Balaban J connectivity index is 1.44. The normalized spacial score (nSPS) is 14.8. The van der Waals surface area contributed by atoms with Gasteiger partial charge in [-0.15, -0.1) is 5.10 Å². The molecule has 1 unspecified atom stereocenters. The van der Waals surface area contributed by atoms with Crippen molar-refractivity contribution in [3.8, 4) is 5.75 Å². The minimum absolute atomic E-state index is 0.0454. The first kappa shape index (κ1) is 22.7. The summed E-state index contributed by atoms with van der Waals surface area (Å²) in [5.74, 6) is -1.12. The van der Waals surface area contributed by atoms with Crippen LogP contribution in [0.1, 0.15) is 56.3 Å². The van der Waals surface area contributed by atoms with Crippen molar-refractivity contribution in [2.75, 3.05) is 7.11 Å². The van der Waals surface area contributed by atoms with Gasteiger partial charge in [-0.25, -0.2) is 14.4 Å². The molecule has 11 nitrogen and oxygen atoms in total. The Kier molecular flexibility index (Phi) is 6.39. The van der Waals surface area contributed by atoms with Gasteiger partial charge in [-0.3, -0.25) is 9.59 Å². The molecule has 0 aliphatic carbocycles. The van der Waals surface area contributed by atoms with Crippen LogP contribution in [0.4, 0.5) is 4.39 Å². The number of hydrogen-bond acceptors (Lipinski definition) is 9. The van der Waals surface area contributed by atoms with Crippen LogP contribution in [0, 0.1) is 12.7 Å². The van der Waals surface area contributed by atoms with Crippen LogP contribution in [0.5, 0.6) is 5.75 Å². The van der Waals surface area contributed by atoms with Crippen molar-refractivity contribution in [3.05, 3.63) is 76.4 Å². The Morgan fingerprint density at radius 1 is 1.18 bits per heavy atom. The number of nitrogens with zero attached hydrogens (tertiary/aromatic N) is 5. The van der Waals surface area contributed by atoms with E-state index in [9.17, 15) is 14.0 Å². The Bertz CT molecular complexity index is 1280. The molecule has 3 N–H and O–H groups in total. The summed E-state index contributed by atoms with van der Waals surface area (Å²) in [6.07, 6.45) is -0.192. The zero-order valence-electron chi connectivity index (χ0n) is 18.3. The molecule has 12 heteroatoms. The monoisotopic (exact) mass is 465 g/mol. The number of primary amides is 1. The molecule has 0 fully saturated rings. The van der Waals surface area contributed by atoms with Gasteiger partial charge in [0.15, 0.2) is 23.4 Å². The first-order valence-corrected chi connectivity index (χ1v) is 10.2. The van der Waals surface area contributed by atoms with E-state index in [4.69, 9.17) is 15.3 Å². The second kappa shape index (κ2) is 9.57. The molecular formula is C22H20FN7O4. The van der Waals surface area contributed by atoms with Gasteiger partial charge in [-0.1, -0.05) is 11.2 Å². The molecule has 0 spiro atoms. The molecule has 0 saturated heterocycles. The molecule has 34 heavy (non-hydrogen) atoms. The second-order valence-electron chi connectivity index (χ2n) is 7.38. The van der Waals surface area contributed by atoms with Crippen molar-refractivity contribution in [2.24, 2.45) is 10.9 Å². The molecule has 174 valence electrons. The summed E-state index contributed by atoms with van der Waals surface area (Å²) >= 11 is 0. The second-order valence-corrected chi connectivity index (χ2v) is 7.38. The number of methoxy groups -OCH3 is 1. The lowest BCUT2D eigenvalue weighted by atomic mass is 10.1. The maximum atomic E-state index is 13.6. The highest BCUT2D eigenvalue weighted by Gasteiger charge is 2.27. The van der Waals surface area contributed by atoms with Crippen molar-refractivity contribution in [1.82, 2.24) is 25.5 Å². The first-order chi connectivity index (χ1) is 16.3. The van der Waals surface area contributed by atoms with Crippen molar-refractivity contribution in [3.63, 3.8) is 0 Å². The van der Waals surface area contributed by atoms with Crippen LogP contribution in [0.2, 0.25) is 0 Å². The molecule has 1 aromatic carbocycles. The smallest absolute Gasteiger partial charge is 0.270 e. The summed E-state index contributed by atoms with van der Waals surface area (Å²) < 4.78 is 18.5. The molecule has 2 aromatic heterocycles. The van der Waals surface area contributed by atoms with Gasteiger partial charge >= 0.3 is 0 Å². The predicted octanol–water partition coefficient (Wildman–Crippen LogP) is 1.62. The van der Waals surface area contributed by atoms with E-state index >= 15 is 0 Å². The molecule has 4 rings (SSSR count). The summed E-state index contributed by atoms with van der Waals surface area (Å²) in [6.45, 7) is 1.81. The van der Waals surface area contributed by atoms with Gasteiger partial charge in [0.1, 0.15) is 22.9 Å². The third-order valence-electron chi connectivity index (χ3n) is 4.97. The maximum Gasteiger partial charge on any atom is 0.270 e. The maximum absolute atomic E-state index is 13.6. The molecule has 0 radical (unpaired) electrons. The number of oxime groups is 1. The summed E-state index contributed by atoms with van der Waals surface area (Å²) in [5.41, 5.74) is 7.45. The van der Waals surface area contributed by atoms with Crippen LogP contribution in [-0.2, 0) is 11.4 Å². The van der Waals surface area contributed by atoms with E-state index in [1.807, 2.05) is 0 Å². The van der Waals surface area contributed by atoms with Gasteiger partial charge in [0.25, 0.3) is 11.8 Å². The number of hydrogen-bond donors (Lipinski definition) is 2. The molecule has 1 aliphatic heterocycles. The Hall–Kier alpha value is -4.48. The minimum atomic E-state index is -0.677. The van der Waals surface area contributed by atoms with Crippen LogP contribution >= 0.6 is 0 Å². The highest BCUT2D eigenvalue weighted by Crippen LogP contribution is 2.27. The highest BCUT2D eigenvalue weighted by molar-refractivity contribution is 6.02. The Labute approximate surface area is 193 Å². The third-order valence-corrected chi connectivity index (χ3v) is 4.97. The number of amides is 2. The van der Waals surface area contributed by atoms with Crippen molar-refractivity contribution in [1.29, 1.82) is 0 Å². The number of carbonyl (C=O) groups excluding carboxylic acids is 2. The highest BCUT2D eigenvalue weighted by atomic mass is 19.1. The molecule has 3 aromatic rings. The molecule has 1 aliphatic rings. The van der Waals surface area contributed by atoms with Crippen LogP contribution in [0.15, 0.2) is 41.6 Å². The summed E-state index contributed by atoms with van der Waals surface area (Å²) in [6, 6.07) is 8.90. The Morgan fingerprint density at radius 3 is 2.71 bits per heavy atom. The molecule has 0 saturated carbocycles. The fourth-order valence-electron chi connectivity index (χ4n) is 3.25. The van der Waals surface area contributed by atoms with E-state index in [-0.39, 0.29) is 23.7 Å². The van der Waals surface area contributed by atoms with Gasteiger partial charge in [-0.2, -0.15) is 5.10 Å². The molecule has 2 amide bonds. The lowest BCUT2D eigenvalue weighted by molar-refractivity contribution is 0.0816. The fraction of sp³-hybridized carbons (Fsp3) is 0.227. The number of aryl methyl sites for hydroxylation is 1. The van der Waals surface area contributed by atoms with E-state index in [0.29, 0.717) is 34.9 Å². The van der Waals surface area contributed by atoms with Crippen LogP contribution in [-0.4, -0.2) is 44.8 Å². The molecule has 0 bridgehead atoms. The van der Waals surface area contributed by atoms with E-state index in [2.05, 4.69) is 30.6 Å². The van der Waals surface area contributed by atoms with Crippen LogP contribution < -0.4 is 15.8 Å². The quantitative estimate of drug-likeness (QED) is 0.533. The number of nitrogens with one attached hydrogen (secondary N) is 1. The number of halogens is 1. The predicted molar refractivity (Wildman–Crippen MR) is 116 cm³/mol. The number of rotatable bonds is 7. The standard InChI is InChI=1S/C22H20FN7O4/c1-11-26-16(17-9-20(34-30-17)14-5-6-15(21(24)31)29-28-14)8-18(27-11)22(32)25-10-12-3-4-13(23)19(7-12)33-2/h3-8,20H,9-10H2,1-2H3,(H2,24,31)(H,25,32). The number of carbonyl (C=O) groups is 2. The van der Waals surface area contributed by atoms with Crippen molar-refractivity contribution in [2.45, 2.75) is 26.0 Å². The Morgan fingerprint density at radius 2 is 2.00 bits per heavy atom. The van der Waals surface area contributed by atoms with E-state index < -0.39 is 23.7 Å². The van der Waals surface area contributed by atoms with E-state index in [1.54, 1.807) is 19.1 Å². The van der Waals surface area contributed by atoms with Gasteiger partial charge < -0.3 is 20.6 Å². The number of ether oxygens (including phenoxy) is 1. The van der Waals surface area contributed by atoms with Gasteiger partial charge in [0, 0.05) is 13.0 Å². The average molecular weight is 465 g/mol. The summed E-state index contributed by atoms with van der Waals surface area (Å²) in [4.78, 5) is 37.9. The van der Waals surface area contributed by atoms with Gasteiger partial charge in [0.05, 0.1) is 12.8 Å². The van der Waals surface area contributed by atoms with Crippen molar-refractivity contribution < 1.29 is 23.6 Å². The summed E-state index contributed by atoms with van der Waals surface area (Å²) in [5, 5.41) is 14.6. The minimum Gasteiger partial charge on any atom is -0.494 e. The van der Waals surface area contributed by atoms with E-state index in [0.717, 1.165) is 0 Å². The summed E-state index contributed by atoms with van der Waals surface area (Å²) in [7, 11) is 1.37. The SMILES string of the molecule is COc1cc(CNC(=O)c2cc(C3=NOC(c4ccc(C(N)=O)nn4)C3)nc(C)n2)ccc1F. The number of nitrogens with two attached hydrogens (primary N) is 1. The van der Waals surface area contributed by atoms with Gasteiger partial charge in [-0.05, 0) is 42.8 Å². The average Bonchev–Trinajstić information content (AvgIpc) is 3.33. The lowest BCUT2D eigenvalue weighted by Crippen LogP contribution is -2.25. The zero-order valence-corrected chi connectivity index (χ0v) is 18.3.